The summed E-state index contributed by atoms with van der Waals surface area (Å²) in [6, 6.07) is 6.34. The number of methoxy groups -OCH3 is 1. The van der Waals surface area contributed by atoms with Crippen molar-refractivity contribution in [2.24, 2.45) is 4.99 Å². The summed E-state index contributed by atoms with van der Waals surface area (Å²) in [6.07, 6.45) is 1.78. The SMILES string of the molecule is COC(=O)c1cc(C)cc(C2N=C(NC#N)Nc3nc(N)c(C#N)c(N)c32)c1. The lowest BCUT2D eigenvalue weighted by atomic mass is 9.93. The first-order chi connectivity index (χ1) is 13.4. The molecule has 1 aliphatic heterocycles. The number of nitrogen functional groups attached to an aromatic ring is 2. The number of pyridine rings is 1. The normalized spacial score (nSPS) is 14.6. The third kappa shape index (κ3) is 3.10. The van der Waals surface area contributed by atoms with Gasteiger partial charge in [0, 0.05) is 5.56 Å². The average molecular weight is 376 g/mol. The highest BCUT2D eigenvalue weighted by Gasteiger charge is 2.30. The number of esters is 1. The molecule has 10 nitrogen and oxygen atoms in total. The van der Waals surface area contributed by atoms with E-state index in [1.807, 2.05) is 19.1 Å². The summed E-state index contributed by atoms with van der Waals surface area (Å²) in [7, 11) is 1.29. The average Bonchev–Trinajstić information content (AvgIpc) is 2.66. The molecule has 1 aliphatic rings. The van der Waals surface area contributed by atoms with Crippen molar-refractivity contribution in [1.29, 1.82) is 10.5 Å². The van der Waals surface area contributed by atoms with Crippen LogP contribution in [0.5, 0.6) is 0 Å². The summed E-state index contributed by atoms with van der Waals surface area (Å²) in [6.45, 7) is 1.82. The highest BCUT2D eigenvalue weighted by atomic mass is 16.5. The number of guanidine groups is 1. The van der Waals surface area contributed by atoms with Crippen molar-refractivity contribution in [3.63, 3.8) is 0 Å². The van der Waals surface area contributed by atoms with Crippen LogP contribution in [0.2, 0.25) is 0 Å². The zero-order valence-corrected chi connectivity index (χ0v) is 15.1. The molecule has 6 N–H and O–H groups in total. The van der Waals surface area contributed by atoms with Crippen LogP contribution in [0.25, 0.3) is 0 Å². The number of hydrogen-bond acceptors (Lipinski definition) is 10. The number of ether oxygens (including phenoxy) is 1. The Balaban J connectivity index is 2.26. The van der Waals surface area contributed by atoms with Crippen LogP contribution in [0, 0.1) is 29.7 Å². The molecule has 2 aromatic rings. The van der Waals surface area contributed by atoms with Gasteiger partial charge in [-0.2, -0.15) is 10.5 Å². The smallest absolute Gasteiger partial charge is 0.337 e. The number of nitrogens with one attached hydrogen (secondary N) is 2. The molecule has 0 fully saturated rings. The maximum Gasteiger partial charge on any atom is 0.337 e. The van der Waals surface area contributed by atoms with E-state index in [1.54, 1.807) is 18.3 Å². The molecular formula is C18H16N8O2. The van der Waals surface area contributed by atoms with Crippen LogP contribution in [0.15, 0.2) is 23.2 Å². The number of aromatic nitrogens is 1. The van der Waals surface area contributed by atoms with E-state index in [2.05, 4.69) is 20.6 Å². The molecular weight excluding hydrogens is 360 g/mol. The fourth-order valence-corrected chi connectivity index (χ4v) is 3.03. The minimum atomic E-state index is -0.726. The van der Waals surface area contributed by atoms with Crippen LogP contribution in [-0.2, 0) is 4.74 Å². The zero-order valence-electron chi connectivity index (χ0n) is 15.1. The van der Waals surface area contributed by atoms with Gasteiger partial charge in [0.15, 0.2) is 6.19 Å². The summed E-state index contributed by atoms with van der Waals surface area (Å²) >= 11 is 0. The topological polar surface area (TPSA) is 175 Å². The van der Waals surface area contributed by atoms with Crippen molar-refractivity contribution in [1.82, 2.24) is 10.3 Å². The van der Waals surface area contributed by atoms with Crippen molar-refractivity contribution in [2.75, 3.05) is 23.9 Å². The minimum absolute atomic E-state index is 0.0392. The van der Waals surface area contributed by atoms with Gasteiger partial charge in [-0.15, -0.1) is 0 Å². The van der Waals surface area contributed by atoms with Crippen molar-refractivity contribution < 1.29 is 9.53 Å². The maximum absolute atomic E-state index is 12.0. The van der Waals surface area contributed by atoms with Gasteiger partial charge >= 0.3 is 5.97 Å². The predicted molar refractivity (Wildman–Crippen MR) is 102 cm³/mol. The first-order valence-corrected chi connectivity index (χ1v) is 8.08. The lowest BCUT2D eigenvalue weighted by Gasteiger charge is -2.26. The van der Waals surface area contributed by atoms with Crippen LogP contribution < -0.4 is 22.1 Å². The number of anilines is 3. The lowest BCUT2D eigenvalue weighted by Crippen LogP contribution is -2.32. The van der Waals surface area contributed by atoms with Gasteiger partial charge in [0.05, 0.1) is 18.4 Å². The Morgan fingerprint density at radius 1 is 1.32 bits per heavy atom. The van der Waals surface area contributed by atoms with E-state index in [9.17, 15) is 10.1 Å². The maximum atomic E-state index is 12.0. The monoisotopic (exact) mass is 376 g/mol. The number of aliphatic imine (C=N–C) groups is 1. The third-order valence-corrected chi connectivity index (χ3v) is 4.19. The van der Waals surface area contributed by atoms with Crippen molar-refractivity contribution in [2.45, 2.75) is 13.0 Å². The van der Waals surface area contributed by atoms with E-state index in [-0.39, 0.29) is 28.8 Å². The summed E-state index contributed by atoms with van der Waals surface area (Å²) in [4.78, 5) is 20.7. The van der Waals surface area contributed by atoms with E-state index in [1.165, 1.54) is 7.11 Å². The Hall–Kier alpha value is -4.31. The van der Waals surface area contributed by atoms with E-state index >= 15 is 0 Å². The van der Waals surface area contributed by atoms with Crippen LogP contribution in [0.4, 0.5) is 17.3 Å². The first-order valence-electron chi connectivity index (χ1n) is 8.08. The number of fused-ring (bicyclic) bond motifs is 1. The summed E-state index contributed by atoms with van der Waals surface area (Å²) in [5, 5.41) is 23.6. The lowest BCUT2D eigenvalue weighted by molar-refractivity contribution is 0.0600. The molecule has 1 atom stereocenters. The third-order valence-electron chi connectivity index (χ3n) is 4.19. The van der Waals surface area contributed by atoms with Crippen LogP contribution in [0.3, 0.4) is 0 Å². The molecule has 3 rings (SSSR count). The Kier molecular flexibility index (Phi) is 4.71. The predicted octanol–water partition coefficient (Wildman–Crippen LogP) is 1.15. The summed E-state index contributed by atoms with van der Waals surface area (Å²) < 4.78 is 4.80. The van der Waals surface area contributed by atoms with E-state index in [0.29, 0.717) is 16.7 Å². The molecule has 0 aliphatic carbocycles. The Morgan fingerprint density at radius 3 is 2.71 bits per heavy atom. The number of nitriles is 2. The number of nitrogens with two attached hydrogens (primary N) is 2. The second-order valence-electron chi connectivity index (χ2n) is 6.03. The molecule has 140 valence electrons. The quantitative estimate of drug-likeness (QED) is 0.340. The number of carbonyl (C=O) groups excluding carboxylic acids is 1. The van der Waals surface area contributed by atoms with E-state index < -0.39 is 12.0 Å². The fourth-order valence-electron chi connectivity index (χ4n) is 3.03. The molecule has 10 heteroatoms. The van der Waals surface area contributed by atoms with Crippen molar-refractivity contribution >= 4 is 29.3 Å². The summed E-state index contributed by atoms with van der Waals surface area (Å²) in [5.41, 5.74) is 14.4. The van der Waals surface area contributed by atoms with Gasteiger partial charge < -0.3 is 21.5 Å². The van der Waals surface area contributed by atoms with E-state index in [4.69, 9.17) is 21.5 Å². The van der Waals surface area contributed by atoms with Crippen LogP contribution in [0.1, 0.15) is 38.7 Å². The second kappa shape index (κ2) is 7.13. The molecule has 0 bridgehead atoms. The number of carbonyl (C=O) groups is 1. The molecule has 0 spiro atoms. The standard InChI is InChI=1S/C18H16N8O2/c1-8-3-9(5-10(4-8)17(27)28-2)14-12-13(21)11(6-19)15(22)25-16(12)26-18(24-14)23-7-20/h3-5,14H,1-2H3,(H6,21,22,23,24,25,26). The highest BCUT2D eigenvalue weighted by Crippen LogP contribution is 2.40. The number of hydrogen-bond donors (Lipinski definition) is 4. The number of benzene rings is 1. The minimum Gasteiger partial charge on any atom is -0.465 e. The number of rotatable bonds is 2. The molecule has 1 unspecified atom stereocenters. The van der Waals surface area contributed by atoms with Gasteiger partial charge in [0.1, 0.15) is 29.3 Å². The molecule has 1 aromatic heterocycles. The number of nitrogens with zero attached hydrogens (tertiary/aromatic N) is 4. The Bertz CT molecular complexity index is 1090. The largest absolute Gasteiger partial charge is 0.465 e. The van der Waals surface area contributed by atoms with Gasteiger partial charge in [-0.3, -0.25) is 5.32 Å². The molecule has 28 heavy (non-hydrogen) atoms. The van der Waals surface area contributed by atoms with Gasteiger partial charge in [0.2, 0.25) is 5.96 Å². The van der Waals surface area contributed by atoms with Gasteiger partial charge in [-0.1, -0.05) is 6.07 Å². The molecule has 2 heterocycles. The molecule has 0 saturated carbocycles. The molecule has 0 saturated heterocycles. The van der Waals surface area contributed by atoms with Crippen LogP contribution in [-0.4, -0.2) is 24.0 Å². The van der Waals surface area contributed by atoms with Gasteiger partial charge in [0.25, 0.3) is 0 Å². The second-order valence-corrected chi connectivity index (χ2v) is 6.03. The van der Waals surface area contributed by atoms with Crippen molar-refractivity contribution in [3.8, 4) is 12.3 Å². The van der Waals surface area contributed by atoms with Crippen LogP contribution >= 0.6 is 0 Å². The van der Waals surface area contributed by atoms with E-state index in [0.717, 1.165) is 5.56 Å². The molecule has 0 radical (unpaired) electrons. The highest BCUT2D eigenvalue weighted by molar-refractivity contribution is 5.98. The molecule has 1 aromatic carbocycles. The molecule has 0 amide bonds. The Morgan fingerprint density at radius 2 is 2.07 bits per heavy atom. The summed E-state index contributed by atoms with van der Waals surface area (Å²) in [5.74, 6) is -0.132. The first kappa shape index (κ1) is 18.5. The van der Waals surface area contributed by atoms with Crippen molar-refractivity contribution in [3.05, 3.63) is 46.0 Å². The zero-order chi connectivity index (χ0) is 20.4. The Labute approximate surface area is 160 Å². The fraction of sp³-hybridized carbons (Fsp3) is 0.167. The van der Waals surface area contributed by atoms with Gasteiger partial charge in [-0.05, 0) is 30.2 Å². The number of aryl methyl sites for hydroxylation is 1. The van der Waals surface area contributed by atoms with Gasteiger partial charge in [-0.25, -0.2) is 14.8 Å².